The Morgan fingerprint density at radius 2 is 1.89 bits per heavy atom. The van der Waals surface area contributed by atoms with E-state index in [4.69, 9.17) is 0 Å². The number of H-pyrrole nitrogens is 1. The van der Waals surface area contributed by atoms with Crippen molar-refractivity contribution < 1.29 is 4.39 Å². The van der Waals surface area contributed by atoms with Crippen molar-refractivity contribution in [3.05, 3.63) is 59.0 Å². The van der Waals surface area contributed by atoms with Crippen molar-refractivity contribution in [2.24, 2.45) is 0 Å². The number of benzene rings is 1. The number of hydrogen-bond acceptors (Lipinski definition) is 3. The number of aromatic nitrogens is 3. The van der Waals surface area contributed by atoms with E-state index in [1.165, 1.54) is 18.2 Å². The van der Waals surface area contributed by atoms with Gasteiger partial charge in [0, 0.05) is 23.3 Å². The van der Waals surface area contributed by atoms with Crippen molar-refractivity contribution in [2.45, 2.75) is 0 Å². The lowest BCUT2D eigenvalue weighted by Crippen LogP contribution is -2.11. The van der Waals surface area contributed by atoms with Gasteiger partial charge in [-0.05, 0) is 30.3 Å². The lowest BCUT2D eigenvalue weighted by molar-refractivity contribution is 0.629. The number of nitrogens with one attached hydrogen (secondary N) is 1. The summed E-state index contributed by atoms with van der Waals surface area (Å²) in [5.74, 6) is -0.369. The van der Waals surface area contributed by atoms with Gasteiger partial charge in [-0.15, -0.1) is 0 Å². The maximum atomic E-state index is 13.3. The zero-order valence-corrected chi connectivity index (χ0v) is 9.22. The van der Waals surface area contributed by atoms with Crippen molar-refractivity contribution >= 4 is 10.9 Å². The fraction of sp³-hybridized carbons (Fsp3) is 0. The molecule has 1 N–H and O–H groups in total. The molecule has 0 radical (unpaired) electrons. The second-order valence-corrected chi connectivity index (χ2v) is 3.82. The van der Waals surface area contributed by atoms with Gasteiger partial charge in [0.2, 0.25) is 0 Å². The van der Waals surface area contributed by atoms with Gasteiger partial charge in [-0.2, -0.15) is 4.98 Å². The minimum Gasteiger partial charge on any atom is -0.305 e. The Morgan fingerprint density at radius 3 is 2.67 bits per heavy atom. The zero-order valence-electron chi connectivity index (χ0n) is 9.22. The van der Waals surface area contributed by atoms with E-state index in [1.54, 1.807) is 24.5 Å². The molecule has 18 heavy (non-hydrogen) atoms. The molecule has 88 valence electrons. The van der Waals surface area contributed by atoms with Crippen molar-refractivity contribution in [1.82, 2.24) is 15.0 Å². The van der Waals surface area contributed by atoms with Crippen LogP contribution >= 0.6 is 0 Å². The summed E-state index contributed by atoms with van der Waals surface area (Å²) in [6.45, 7) is 0. The van der Waals surface area contributed by atoms with Crippen molar-refractivity contribution in [2.75, 3.05) is 0 Å². The third-order valence-electron chi connectivity index (χ3n) is 2.65. The predicted octanol–water partition coefficient (Wildman–Crippen LogP) is 2.12. The number of rotatable bonds is 1. The van der Waals surface area contributed by atoms with Crippen LogP contribution in [-0.4, -0.2) is 15.0 Å². The third-order valence-corrected chi connectivity index (χ3v) is 2.65. The van der Waals surface area contributed by atoms with Crippen LogP contribution in [0.25, 0.3) is 22.2 Å². The first kappa shape index (κ1) is 10.6. The van der Waals surface area contributed by atoms with Crippen LogP contribution in [0.5, 0.6) is 0 Å². The fourth-order valence-corrected chi connectivity index (χ4v) is 1.86. The normalized spacial score (nSPS) is 10.7. The highest BCUT2D eigenvalue weighted by Gasteiger charge is 2.08. The zero-order chi connectivity index (χ0) is 12.5. The van der Waals surface area contributed by atoms with Crippen LogP contribution in [-0.2, 0) is 0 Å². The van der Waals surface area contributed by atoms with Crippen LogP contribution in [0.4, 0.5) is 4.39 Å². The average Bonchev–Trinajstić information content (AvgIpc) is 2.39. The molecule has 0 saturated carbocycles. The maximum absolute atomic E-state index is 13.3. The Morgan fingerprint density at radius 1 is 1.11 bits per heavy atom. The Hall–Kier alpha value is -2.56. The second-order valence-electron chi connectivity index (χ2n) is 3.82. The molecule has 0 spiro atoms. The minimum atomic E-state index is -0.457. The van der Waals surface area contributed by atoms with E-state index in [-0.39, 0.29) is 5.82 Å². The molecule has 0 amide bonds. The predicted molar refractivity (Wildman–Crippen MR) is 65.6 cm³/mol. The van der Waals surface area contributed by atoms with Crippen LogP contribution in [0.15, 0.2) is 47.5 Å². The average molecular weight is 241 g/mol. The highest BCUT2D eigenvalue weighted by Crippen LogP contribution is 2.24. The highest BCUT2D eigenvalue weighted by atomic mass is 19.1. The molecule has 4 nitrogen and oxygen atoms in total. The number of pyridine rings is 1. The monoisotopic (exact) mass is 241 g/mol. The molecule has 3 aromatic rings. The van der Waals surface area contributed by atoms with E-state index in [0.29, 0.717) is 16.6 Å². The quantitative estimate of drug-likeness (QED) is 0.710. The first-order valence-electron chi connectivity index (χ1n) is 5.34. The summed E-state index contributed by atoms with van der Waals surface area (Å²) < 4.78 is 13.3. The molecule has 0 aliphatic carbocycles. The number of nitrogens with zero attached hydrogens (tertiary/aromatic N) is 2. The summed E-state index contributed by atoms with van der Waals surface area (Å²) in [6.07, 6.45) is 3.20. The van der Waals surface area contributed by atoms with E-state index in [2.05, 4.69) is 15.0 Å². The van der Waals surface area contributed by atoms with Gasteiger partial charge < -0.3 is 4.98 Å². The van der Waals surface area contributed by atoms with Gasteiger partial charge in [-0.3, -0.25) is 4.98 Å². The van der Waals surface area contributed by atoms with E-state index in [9.17, 15) is 9.18 Å². The summed E-state index contributed by atoms with van der Waals surface area (Å²) in [4.78, 5) is 21.9. The SMILES string of the molecule is O=c1nc(-c2ccncc2)c2cc(F)ccc2[nH]1. The van der Waals surface area contributed by atoms with Crippen LogP contribution in [0, 0.1) is 5.82 Å². The first-order chi connectivity index (χ1) is 8.74. The maximum Gasteiger partial charge on any atom is 0.345 e. The lowest BCUT2D eigenvalue weighted by Gasteiger charge is -2.04. The molecule has 0 atom stereocenters. The molecule has 2 aromatic heterocycles. The number of fused-ring (bicyclic) bond motifs is 1. The van der Waals surface area contributed by atoms with Gasteiger partial charge in [0.05, 0.1) is 11.2 Å². The van der Waals surface area contributed by atoms with Crippen LogP contribution in [0.3, 0.4) is 0 Å². The molecule has 1 aromatic carbocycles. The smallest absolute Gasteiger partial charge is 0.305 e. The van der Waals surface area contributed by atoms with E-state index >= 15 is 0 Å². The fourth-order valence-electron chi connectivity index (χ4n) is 1.86. The minimum absolute atomic E-state index is 0.369. The van der Waals surface area contributed by atoms with Gasteiger partial charge in [0.25, 0.3) is 0 Å². The molecule has 2 heterocycles. The third kappa shape index (κ3) is 1.75. The molecule has 0 unspecified atom stereocenters. The number of aromatic amines is 1. The molecule has 0 aliphatic heterocycles. The number of halogens is 1. The Balaban J connectivity index is 2.41. The molecule has 3 rings (SSSR count). The van der Waals surface area contributed by atoms with Gasteiger partial charge in [-0.25, -0.2) is 9.18 Å². The Labute approximate surface area is 101 Å². The second kappa shape index (κ2) is 4.03. The van der Waals surface area contributed by atoms with Gasteiger partial charge >= 0.3 is 5.69 Å². The van der Waals surface area contributed by atoms with Crippen molar-refractivity contribution in [1.29, 1.82) is 0 Å². The summed E-state index contributed by atoms with van der Waals surface area (Å²) in [5.41, 5.74) is 1.28. The molecule has 0 bridgehead atoms. The highest BCUT2D eigenvalue weighted by molar-refractivity contribution is 5.91. The summed E-state index contributed by atoms with van der Waals surface area (Å²) in [5, 5.41) is 0.570. The van der Waals surface area contributed by atoms with Gasteiger partial charge in [-0.1, -0.05) is 0 Å². The largest absolute Gasteiger partial charge is 0.345 e. The molecular weight excluding hydrogens is 233 g/mol. The first-order valence-corrected chi connectivity index (χ1v) is 5.34. The summed E-state index contributed by atoms with van der Waals surface area (Å²) >= 11 is 0. The topological polar surface area (TPSA) is 58.6 Å². The van der Waals surface area contributed by atoms with Crippen molar-refractivity contribution in [3.63, 3.8) is 0 Å². The molecular formula is C13H8FN3O. The molecule has 0 saturated heterocycles. The standard InChI is InChI=1S/C13H8FN3O/c14-9-1-2-11-10(7-9)12(17-13(18)16-11)8-3-5-15-6-4-8/h1-7H,(H,16,17,18). The summed E-state index contributed by atoms with van der Waals surface area (Å²) in [7, 11) is 0. The molecule has 0 aliphatic rings. The molecule has 0 fully saturated rings. The van der Waals surface area contributed by atoms with Gasteiger partial charge in [0.15, 0.2) is 0 Å². The van der Waals surface area contributed by atoms with Crippen LogP contribution in [0.2, 0.25) is 0 Å². The van der Waals surface area contributed by atoms with Crippen molar-refractivity contribution in [3.8, 4) is 11.3 Å². The summed E-state index contributed by atoms with van der Waals surface area (Å²) in [6, 6.07) is 7.64. The Bertz CT molecular complexity index is 768. The van der Waals surface area contributed by atoms with Gasteiger partial charge in [0.1, 0.15) is 5.82 Å². The van der Waals surface area contributed by atoms with E-state index in [1.807, 2.05) is 0 Å². The molecule has 5 heteroatoms. The number of hydrogen-bond donors (Lipinski definition) is 1. The van der Waals surface area contributed by atoms with Crippen LogP contribution in [0.1, 0.15) is 0 Å². The van der Waals surface area contributed by atoms with E-state index < -0.39 is 5.69 Å². The lowest BCUT2D eigenvalue weighted by atomic mass is 10.1. The van der Waals surface area contributed by atoms with Crippen LogP contribution < -0.4 is 5.69 Å². The van der Waals surface area contributed by atoms with E-state index in [0.717, 1.165) is 5.56 Å². The Kier molecular flexibility index (Phi) is 2.37.